The minimum Gasteiger partial charge on any atom is -0.204 e. The van der Waals surface area contributed by atoms with E-state index in [2.05, 4.69) is 13.0 Å². The van der Waals surface area contributed by atoms with Crippen molar-refractivity contribution in [3.63, 3.8) is 0 Å². The molecular weight excluding hydrogens is 345 g/mol. The highest BCUT2D eigenvalue weighted by Crippen LogP contribution is 2.40. The maximum Gasteiger partial charge on any atom is 0.194 e. The minimum absolute atomic E-state index is 0.456. The SMILES string of the molecule is CCCCCCC1CCC(C2=CC=C(c3cc(F)c(F)c(F)c3)CC2)CC1. The maximum atomic E-state index is 13.5. The Balaban J connectivity index is 1.55. The molecule has 1 aromatic rings. The lowest BCUT2D eigenvalue weighted by molar-refractivity contribution is 0.278. The van der Waals surface area contributed by atoms with Crippen LogP contribution < -0.4 is 0 Å². The molecule has 27 heavy (non-hydrogen) atoms. The fraction of sp³-hybridized carbons (Fsp3) is 0.583. The third-order valence-corrected chi connectivity index (χ3v) is 6.37. The first-order valence-electron chi connectivity index (χ1n) is 10.6. The summed E-state index contributed by atoms with van der Waals surface area (Å²) in [6.07, 6.45) is 17.8. The van der Waals surface area contributed by atoms with E-state index < -0.39 is 17.5 Å². The molecule has 1 saturated carbocycles. The molecule has 2 aliphatic carbocycles. The van der Waals surface area contributed by atoms with E-state index in [0.717, 1.165) is 36.5 Å². The zero-order valence-corrected chi connectivity index (χ0v) is 16.4. The van der Waals surface area contributed by atoms with E-state index in [1.807, 2.05) is 6.08 Å². The van der Waals surface area contributed by atoms with Gasteiger partial charge in [-0.25, -0.2) is 13.2 Å². The Bertz CT molecular complexity index is 671. The second-order valence-electron chi connectivity index (χ2n) is 8.25. The number of unbranched alkanes of at least 4 members (excludes halogenated alkanes) is 3. The van der Waals surface area contributed by atoms with E-state index in [4.69, 9.17) is 0 Å². The van der Waals surface area contributed by atoms with Gasteiger partial charge in [0.2, 0.25) is 0 Å². The summed E-state index contributed by atoms with van der Waals surface area (Å²) < 4.78 is 40.1. The van der Waals surface area contributed by atoms with Crippen LogP contribution in [0.15, 0.2) is 29.9 Å². The van der Waals surface area contributed by atoms with E-state index in [-0.39, 0.29) is 0 Å². The Morgan fingerprint density at radius 1 is 0.852 bits per heavy atom. The van der Waals surface area contributed by atoms with Crippen LogP contribution in [0.3, 0.4) is 0 Å². The van der Waals surface area contributed by atoms with Crippen LogP contribution in [0.2, 0.25) is 0 Å². The van der Waals surface area contributed by atoms with Gasteiger partial charge in [0.05, 0.1) is 0 Å². The van der Waals surface area contributed by atoms with Gasteiger partial charge in [-0.1, -0.05) is 56.8 Å². The van der Waals surface area contributed by atoms with Crippen LogP contribution >= 0.6 is 0 Å². The van der Waals surface area contributed by atoms with Crippen molar-refractivity contribution < 1.29 is 13.2 Å². The van der Waals surface area contributed by atoms with E-state index in [1.165, 1.54) is 63.4 Å². The van der Waals surface area contributed by atoms with Crippen LogP contribution in [-0.2, 0) is 0 Å². The van der Waals surface area contributed by atoms with Gasteiger partial charge < -0.3 is 0 Å². The predicted molar refractivity (Wildman–Crippen MR) is 106 cm³/mol. The summed E-state index contributed by atoms with van der Waals surface area (Å²) in [5.41, 5.74) is 2.82. The highest BCUT2D eigenvalue weighted by atomic mass is 19.2. The van der Waals surface area contributed by atoms with E-state index in [0.29, 0.717) is 11.5 Å². The summed E-state index contributed by atoms with van der Waals surface area (Å²) >= 11 is 0. The van der Waals surface area contributed by atoms with Crippen LogP contribution in [0.1, 0.15) is 83.1 Å². The van der Waals surface area contributed by atoms with Crippen molar-refractivity contribution in [3.8, 4) is 0 Å². The summed E-state index contributed by atoms with van der Waals surface area (Å²) in [5.74, 6) is -2.05. The van der Waals surface area contributed by atoms with Crippen LogP contribution in [0, 0.1) is 29.3 Å². The van der Waals surface area contributed by atoms with Crippen molar-refractivity contribution in [2.24, 2.45) is 11.8 Å². The van der Waals surface area contributed by atoms with Gasteiger partial charge in [0.15, 0.2) is 17.5 Å². The average molecular weight is 377 g/mol. The third-order valence-electron chi connectivity index (χ3n) is 6.37. The summed E-state index contributed by atoms with van der Waals surface area (Å²) in [6, 6.07) is 2.21. The van der Waals surface area contributed by atoms with Gasteiger partial charge in [0, 0.05) is 0 Å². The molecule has 0 radical (unpaired) electrons. The van der Waals surface area contributed by atoms with Gasteiger partial charge >= 0.3 is 0 Å². The molecule has 0 heterocycles. The van der Waals surface area contributed by atoms with Gasteiger partial charge in [-0.05, 0) is 73.6 Å². The average Bonchev–Trinajstić information content (AvgIpc) is 2.70. The first kappa shape index (κ1) is 20.2. The van der Waals surface area contributed by atoms with E-state index >= 15 is 0 Å². The number of hydrogen-bond acceptors (Lipinski definition) is 0. The molecule has 0 aromatic heterocycles. The lowest BCUT2D eigenvalue weighted by atomic mass is 9.74. The quantitative estimate of drug-likeness (QED) is 0.334. The standard InChI is InChI=1S/C24H31F3/c1-2-3-4-5-6-17-7-9-18(10-8-17)19-11-13-20(14-12-19)21-15-22(25)24(27)23(26)16-21/h11,13,15-18H,2-10,12,14H2,1H3. The highest BCUT2D eigenvalue weighted by Gasteiger charge is 2.24. The Labute approximate surface area is 161 Å². The number of halogens is 3. The van der Waals surface area contributed by atoms with Gasteiger partial charge in [-0.3, -0.25) is 0 Å². The minimum atomic E-state index is -1.39. The molecule has 0 aliphatic heterocycles. The van der Waals surface area contributed by atoms with E-state index in [1.54, 1.807) is 0 Å². The smallest absolute Gasteiger partial charge is 0.194 e. The molecular formula is C24H31F3. The number of rotatable bonds is 7. The van der Waals surface area contributed by atoms with Gasteiger partial charge in [0.1, 0.15) is 0 Å². The van der Waals surface area contributed by atoms with Crippen LogP contribution in [0.5, 0.6) is 0 Å². The molecule has 0 unspecified atom stereocenters. The van der Waals surface area contributed by atoms with Crippen LogP contribution in [-0.4, -0.2) is 0 Å². The largest absolute Gasteiger partial charge is 0.204 e. The number of benzene rings is 1. The van der Waals surface area contributed by atoms with Crippen molar-refractivity contribution in [2.45, 2.75) is 77.6 Å². The Kier molecular flexibility index (Phi) is 7.20. The molecule has 0 atom stereocenters. The zero-order valence-electron chi connectivity index (χ0n) is 16.4. The van der Waals surface area contributed by atoms with Crippen molar-refractivity contribution in [2.75, 3.05) is 0 Å². The van der Waals surface area contributed by atoms with Crippen molar-refractivity contribution in [1.82, 2.24) is 0 Å². The van der Waals surface area contributed by atoms with Crippen LogP contribution in [0.25, 0.3) is 5.57 Å². The summed E-state index contributed by atoms with van der Waals surface area (Å²) in [7, 11) is 0. The molecule has 148 valence electrons. The normalized spacial score (nSPS) is 23.1. The van der Waals surface area contributed by atoms with Gasteiger partial charge in [0.25, 0.3) is 0 Å². The Morgan fingerprint density at radius 2 is 1.56 bits per heavy atom. The molecule has 0 saturated heterocycles. The van der Waals surface area contributed by atoms with E-state index in [9.17, 15) is 13.2 Å². The molecule has 0 amide bonds. The summed E-state index contributed by atoms with van der Waals surface area (Å²) in [5, 5.41) is 0. The fourth-order valence-corrected chi connectivity index (χ4v) is 4.66. The Morgan fingerprint density at radius 3 is 2.15 bits per heavy atom. The molecule has 2 aliphatic rings. The number of allylic oxidation sites excluding steroid dienone is 4. The predicted octanol–water partition coefficient (Wildman–Crippen LogP) is 7.98. The number of hydrogen-bond donors (Lipinski definition) is 0. The van der Waals surface area contributed by atoms with Crippen molar-refractivity contribution in [1.29, 1.82) is 0 Å². The highest BCUT2D eigenvalue weighted by molar-refractivity contribution is 5.69. The summed E-state index contributed by atoms with van der Waals surface area (Å²) in [4.78, 5) is 0. The molecule has 1 fully saturated rings. The molecule has 0 N–H and O–H groups in total. The van der Waals surface area contributed by atoms with Gasteiger partial charge in [-0.15, -0.1) is 0 Å². The van der Waals surface area contributed by atoms with Gasteiger partial charge in [-0.2, -0.15) is 0 Å². The van der Waals surface area contributed by atoms with Crippen LogP contribution in [0.4, 0.5) is 13.2 Å². The molecule has 0 nitrogen and oxygen atoms in total. The molecule has 3 rings (SSSR count). The third kappa shape index (κ3) is 5.27. The second-order valence-corrected chi connectivity index (χ2v) is 8.25. The zero-order chi connectivity index (χ0) is 19.2. The summed E-state index contributed by atoms with van der Waals surface area (Å²) in [6.45, 7) is 2.26. The Hall–Kier alpha value is -1.51. The molecule has 0 bridgehead atoms. The second kappa shape index (κ2) is 9.61. The lowest BCUT2D eigenvalue weighted by Crippen LogP contribution is -2.17. The molecule has 3 heteroatoms. The first-order chi connectivity index (χ1) is 13.1. The van der Waals surface area contributed by atoms with Crippen molar-refractivity contribution >= 4 is 5.57 Å². The first-order valence-corrected chi connectivity index (χ1v) is 10.6. The maximum absolute atomic E-state index is 13.5. The lowest BCUT2D eigenvalue weighted by Gasteiger charge is -2.31. The fourth-order valence-electron chi connectivity index (χ4n) is 4.66. The molecule has 1 aromatic carbocycles. The topological polar surface area (TPSA) is 0 Å². The monoisotopic (exact) mass is 376 g/mol. The van der Waals surface area contributed by atoms with Crippen molar-refractivity contribution in [3.05, 3.63) is 52.9 Å². The molecule has 0 spiro atoms.